The Morgan fingerprint density at radius 3 is 3.00 bits per heavy atom. The zero-order valence-electron chi connectivity index (χ0n) is 13.6. The van der Waals surface area contributed by atoms with E-state index in [-0.39, 0.29) is 24.0 Å². The second-order valence-electron chi connectivity index (χ2n) is 5.53. The summed E-state index contributed by atoms with van der Waals surface area (Å²) in [7, 11) is 0. The van der Waals surface area contributed by atoms with Crippen LogP contribution in [0.25, 0.3) is 0 Å². The van der Waals surface area contributed by atoms with Crippen LogP contribution in [-0.2, 0) is 11.2 Å². The summed E-state index contributed by atoms with van der Waals surface area (Å²) in [5.41, 5.74) is 0. The Labute approximate surface area is 156 Å². The first kappa shape index (κ1) is 20.0. The van der Waals surface area contributed by atoms with Crippen LogP contribution in [-0.4, -0.2) is 38.8 Å². The van der Waals surface area contributed by atoms with Crippen molar-refractivity contribution in [1.29, 1.82) is 0 Å². The van der Waals surface area contributed by atoms with Crippen LogP contribution in [0.5, 0.6) is 0 Å². The predicted molar refractivity (Wildman–Crippen MR) is 104 cm³/mol. The average Bonchev–Trinajstić information content (AvgIpc) is 3.21. The van der Waals surface area contributed by atoms with Gasteiger partial charge in [-0.15, -0.1) is 30.6 Å². The summed E-state index contributed by atoms with van der Waals surface area (Å²) >= 11 is 0. The summed E-state index contributed by atoms with van der Waals surface area (Å²) < 4.78 is 10.9. The molecule has 0 saturated heterocycles. The fourth-order valence-electron chi connectivity index (χ4n) is 1.99. The third-order valence-corrected chi connectivity index (χ3v) is 3.42. The summed E-state index contributed by atoms with van der Waals surface area (Å²) in [6, 6.07) is 3.88. The molecule has 0 bridgehead atoms. The molecule has 2 N–H and O–H groups in total. The fourth-order valence-corrected chi connectivity index (χ4v) is 1.99. The van der Waals surface area contributed by atoms with Crippen molar-refractivity contribution < 1.29 is 9.15 Å². The molecule has 1 aromatic rings. The van der Waals surface area contributed by atoms with Crippen LogP contribution >= 0.6 is 24.0 Å². The standard InChI is InChI=1S/C17H27N3O2.HI/c1-2-9-18-17(20-11-8-16-5-3-13-22-16)19-10-4-12-21-14-15-6-7-15;/h2-3,5,13,15H,1,4,6-12,14H2,(H2,18,19,20);1H. The highest BCUT2D eigenvalue weighted by atomic mass is 127. The van der Waals surface area contributed by atoms with Crippen molar-refractivity contribution in [2.24, 2.45) is 10.9 Å². The lowest BCUT2D eigenvalue weighted by Gasteiger charge is -2.11. The zero-order chi connectivity index (χ0) is 15.5. The van der Waals surface area contributed by atoms with Gasteiger partial charge in [0.2, 0.25) is 0 Å². The molecule has 0 unspecified atom stereocenters. The number of furan rings is 1. The molecule has 0 radical (unpaired) electrons. The molecular formula is C17H28IN3O2. The lowest BCUT2D eigenvalue weighted by Crippen LogP contribution is -2.38. The number of aliphatic imine (C=N–C) groups is 1. The topological polar surface area (TPSA) is 58.8 Å². The van der Waals surface area contributed by atoms with Crippen molar-refractivity contribution >= 4 is 29.9 Å². The minimum Gasteiger partial charge on any atom is -0.469 e. The van der Waals surface area contributed by atoms with E-state index in [0.717, 1.165) is 56.8 Å². The molecule has 1 fully saturated rings. The molecule has 0 aromatic carbocycles. The minimum atomic E-state index is 0. The Balaban J connectivity index is 0.00000264. The van der Waals surface area contributed by atoms with E-state index in [9.17, 15) is 0 Å². The van der Waals surface area contributed by atoms with Crippen LogP contribution in [0.2, 0.25) is 0 Å². The first-order valence-corrected chi connectivity index (χ1v) is 8.11. The molecule has 1 aliphatic carbocycles. The van der Waals surface area contributed by atoms with Crippen LogP contribution in [0.15, 0.2) is 40.5 Å². The summed E-state index contributed by atoms with van der Waals surface area (Å²) in [5.74, 6) is 2.62. The van der Waals surface area contributed by atoms with Gasteiger partial charge in [-0.3, -0.25) is 4.99 Å². The van der Waals surface area contributed by atoms with Crippen molar-refractivity contribution in [1.82, 2.24) is 10.6 Å². The van der Waals surface area contributed by atoms with Crippen molar-refractivity contribution in [3.63, 3.8) is 0 Å². The van der Waals surface area contributed by atoms with Gasteiger partial charge in [0, 0.05) is 39.3 Å². The number of nitrogens with one attached hydrogen (secondary N) is 2. The highest BCUT2D eigenvalue weighted by Gasteiger charge is 2.20. The molecule has 2 rings (SSSR count). The second kappa shape index (κ2) is 12.4. The number of halogens is 1. The number of rotatable bonds is 11. The van der Waals surface area contributed by atoms with E-state index in [1.54, 1.807) is 6.26 Å². The van der Waals surface area contributed by atoms with Gasteiger partial charge in [0.05, 0.1) is 6.26 Å². The van der Waals surface area contributed by atoms with Gasteiger partial charge in [-0.25, -0.2) is 0 Å². The number of hydrogen-bond donors (Lipinski definition) is 2. The van der Waals surface area contributed by atoms with Crippen molar-refractivity contribution in [3.05, 3.63) is 36.8 Å². The first-order valence-electron chi connectivity index (χ1n) is 8.11. The number of hydrogen-bond acceptors (Lipinski definition) is 3. The normalized spacial score (nSPS) is 14.2. The van der Waals surface area contributed by atoms with Crippen molar-refractivity contribution in [2.45, 2.75) is 25.7 Å². The van der Waals surface area contributed by atoms with E-state index >= 15 is 0 Å². The van der Waals surface area contributed by atoms with E-state index in [2.05, 4.69) is 22.2 Å². The predicted octanol–water partition coefficient (Wildman–Crippen LogP) is 2.98. The Bertz CT molecular complexity index is 445. The lowest BCUT2D eigenvalue weighted by atomic mass is 10.3. The van der Waals surface area contributed by atoms with E-state index in [1.807, 2.05) is 18.2 Å². The van der Waals surface area contributed by atoms with Gasteiger partial charge in [0.15, 0.2) is 5.96 Å². The van der Waals surface area contributed by atoms with Crippen molar-refractivity contribution in [3.8, 4) is 0 Å². The lowest BCUT2D eigenvalue weighted by molar-refractivity contribution is 0.123. The highest BCUT2D eigenvalue weighted by molar-refractivity contribution is 14.0. The Kier molecular flexibility index (Phi) is 10.8. The molecule has 0 aliphatic heterocycles. The van der Waals surface area contributed by atoms with E-state index in [0.29, 0.717) is 6.54 Å². The summed E-state index contributed by atoms with van der Waals surface area (Å²) in [4.78, 5) is 4.55. The largest absolute Gasteiger partial charge is 0.469 e. The molecule has 6 heteroatoms. The fraction of sp³-hybridized carbons (Fsp3) is 0.588. The van der Waals surface area contributed by atoms with Crippen LogP contribution in [0.1, 0.15) is 25.0 Å². The first-order chi connectivity index (χ1) is 10.9. The van der Waals surface area contributed by atoms with Gasteiger partial charge in [0.25, 0.3) is 0 Å². The number of ether oxygens (including phenoxy) is 1. The van der Waals surface area contributed by atoms with Crippen LogP contribution < -0.4 is 10.6 Å². The molecule has 0 atom stereocenters. The summed E-state index contributed by atoms with van der Waals surface area (Å²) in [5, 5.41) is 6.52. The quantitative estimate of drug-likeness (QED) is 0.185. The average molecular weight is 433 g/mol. The monoisotopic (exact) mass is 433 g/mol. The minimum absolute atomic E-state index is 0. The van der Waals surface area contributed by atoms with Gasteiger partial charge < -0.3 is 19.8 Å². The van der Waals surface area contributed by atoms with Gasteiger partial charge >= 0.3 is 0 Å². The number of nitrogens with zero attached hydrogens (tertiary/aromatic N) is 1. The summed E-state index contributed by atoms with van der Waals surface area (Å²) in [6.45, 7) is 7.68. The molecule has 0 spiro atoms. The van der Waals surface area contributed by atoms with Gasteiger partial charge in [-0.05, 0) is 37.3 Å². The molecule has 130 valence electrons. The SMILES string of the molecule is C=CCNC(=NCCCOCC1CC1)NCCc1ccco1.I. The maximum absolute atomic E-state index is 5.61. The van der Waals surface area contributed by atoms with Crippen LogP contribution in [0.4, 0.5) is 0 Å². The molecule has 5 nitrogen and oxygen atoms in total. The van der Waals surface area contributed by atoms with Crippen LogP contribution in [0, 0.1) is 5.92 Å². The molecule has 1 aromatic heterocycles. The highest BCUT2D eigenvalue weighted by Crippen LogP contribution is 2.28. The maximum atomic E-state index is 5.61. The van der Waals surface area contributed by atoms with Crippen molar-refractivity contribution in [2.75, 3.05) is 32.8 Å². The maximum Gasteiger partial charge on any atom is 0.191 e. The Morgan fingerprint density at radius 1 is 1.43 bits per heavy atom. The molecule has 23 heavy (non-hydrogen) atoms. The third kappa shape index (κ3) is 9.65. The van der Waals surface area contributed by atoms with E-state index < -0.39 is 0 Å². The smallest absolute Gasteiger partial charge is 0.191 e. The Hall–Kier alpha value is -1.02. The molecule has 1 aliphatic rings. The van der Waals surface area contributed by atoms with E-state index in [4.69, 9.17) is 9.15 Å². The summed E-state index contributed by atoms with van der Waals surface area (Å²) in [6.07, 6.45) is 7.99. The van der Waals surface area contributed by atoms with E-state index in [1.165, 1.54) is 12.8 Å². The molecule has 0 amide bonds. The van der Waals surface area contributed by atoms with Gasteiger partial charge in [-0.2, -0.15) is 0 Å². The molecular weight excluding hydrogens is 405 g/mol. The zero-order valence-corrected chi connectivity index (χ0v) is 16.0. The molecule has 1 saturated carbocycles. The third-order valence-electron chi connectivity index (χ3n) is 3.42. The Morgan fingerprint density at radius 2 is 2.30 bits per heavy atom. The molecule has 1 heterocycles. The second-order valence-corrected chi connectivity index (χ2v) is 5.53. The van der Waals surface area contributed by atoms with Gasteiger partial charge in [-0.1, -0.05) is 6.08 Å². The van der Waals surface area contributed by atoms with Gasteiger partial charge in [0.1, 0.15) is 5.76 Å². The van der Waals surface area contributed by atoms with Crippen LogP contribution in [0.3, 0.4) is 0 Å². The number of guanidine groups is 1.